The topological polar surface area (TPSA) is 119 Å². The number of amides is 1. The molecule has 0 bridgehead atoms. The van der Waals surface area contributed by atoms with Crippen molar-refractivity contribution in [1.82, 2.24) is 0 Å². The summed E-state index contributed by atoms with van der Waals surface area (Å²) < 4.78 is 77.9. The fraction of sp³-hybridized carbons (Fsp3) is 0.222. The van der Waals surface area contributed by atoms with E-state index >= 15 is 0 Å². The molecule has 2 rings (SSSR count). The van der Waals surface area contributed by atoms with Gasteiger partial charge in [0.2, 0.25) is 6.10 Å². The average Bonchev–Trinajstić information content (AvgIpc) is 2.66. The zero-order valence-electron chi connectivity index (χ0n) is 15.6. The lowest BCUT2D eigenvalue weighted by Gasteiger charge is -2.19. The van der Waals surface area contributed by atoms with Crippen LogP contribution in [0.3, 0.4) is 0 Å². The van der Waals surface area contributed by atoms with Crippen molar-refractivity contribution >= 4 is 41.2 Å². The van der Waals surface area contributed by atoms with Crippen molar-refractivity contribution in [1.29, 1.82) is 0 Å². The molecule has 0 heterocycles. The Morgan fingerprint density at radius 3 is 2.32 bits per heavy atom. The number of esters is 1. The number of nitrogens with one attached hydrogen (secondary N) is 1. The number of carbonyl (C=O) groups excluding carboxylic acids is 2. The third-order valence-electron chi connectivity index (χ3n) is 3.71. The van der Waals surface area contributed by atoms with Gasteiger partial charge >= 0.3 is 18.2 Å². The van der Waals surface area contributed by atoms with Crippen molar-refractivity contribution in [2.75, 3.05) is 11.1 Å². The Hall–Kier alpha value is -3.06. The van der Waals surface area contributed by atoms with Crippen LogP contribution in [0.5, 0.6) is 0 Å². The number of halogens is 3. The zero-order valence-corrected chi connectivity index (χ0v) is 16.4. The van der Waals surface area contributed by atoms with Gasteiger partial charge in [0.25, 0.3) is 10.1 Å². The van der Waals surface area contributed by atoms with Gasteiger partial charge in [-0.15, -0.1) is 0 Å². The van der Waals surface area contributed by atoms with Gasteiger partial charge in [-0.05, 0) is 17.7 Å². The summed E-state index contributed by atoms with van der Waals surface area (Å²) in [7, 11) is 0.625. The van der Waals surface area contributed by atoms with Gasteiger partial charge < -0.3 is 9.47 Å². The summed E-state index contributed by atoms with van der Waals surface area (Å²) in [5, 5.41) is 2.31. The average molecular weight is 457 g/mol. The van der Waals surface area contributed by atoms with Crippen LogP contribution in [0.1, 0.15) is 15.9 Å². The molecule has 0 aliphatic rings. The first-order valence-electron chi connectivity index (χ1n) is 8.45. The lowest BCUT2D eigenvalue weighted by Crippen LogP contribution is -2.39. The fourth-order valence-electron chi connectivity index (χ4n) is 2.26. The van der Waals surface area contributed by atoms with E-state index in [1.165, 1.54) is 0 Å². The molecule has 1 amide bonds. The smallest absolute Gasteiger partial charge is 0.426 e. The van der Waals surface area contributed by atoms with Gasteiger partial charge in [0.15, 0.2) is 0 Å². The predicted molar refractivity (Wildman–Crippen MR) is 104 cm³/mol. The standard InChI is InChI=1S/C18H15BF3NO7S/c19-13-8-12(16(24)30-15(18(20,21)22)10-31(26,27)28)6-7-14(13)23-17(25)29-9-11-4-2-1-3-5-11/h1-8,15H,9-10H2,(H,23,25)(H,26,27,28). The van der Waals surface area contributed by atoms with Crippen LogP contribution in [0.2, 0.25) is 0 Å². The molecular formula is C18H15BF3NO7S. The van der Waals surface area contributed by atoms with Crippen molar-refractivity contribution in [3.8, 4) is 0 Å². The van der Waals surface area contributed by atoms with Crippen LogP contribution in [-0.4, -0.2) is 50.9 Å². The Kier molecular flexibility index (Phi) is 7.68. The summed E-state index contributed by atoms with van der Waals surface area (Å²) in [5.41, 5.74) is 0.113. The maximum Gasteiger partial charge on any atom is 0.426 e. The Bertz CT molecular complexity index is 1050. The van der Waals surface area contributed by atoms with Crippen LogP contribution in [-0.2, 0) is 26.2 Å². The van der Waals surface area contributed by atoms with Crippen LogP contribution >= 0.6 is 0 Å². The van der Waals surface area contributed by atoms with E-state index in [2.05, 4.69) is 10.1 Å². The van der Waals surface area contributed by atoms with Crippen molar-refractivity contribution in [3.63, 3.8) is 0 Å². The molecule has 0 saturated heterocycles. The first-order chi connectivity index (χ1) is 14.3. The number of hydrogen-bond acceptors (Lipinski definition) is 6. The molecule has 0 fully saturated rings. The van der Waals surface area contributed by atoms with E-state index in [0.717, 1.165) is 23.8 Å². The van der Waals surface area contributed by atoms with Gasteiger partial charge in [0.1, 0.15) is 20.2 Å². The Morgan fingerprint density at radius 2 is 1.77 bits per heavy atom. The van der Waals surface area contributed by atoms with E-state index in [1.807, 2.05) is 0 Å². The molecule has 1 unspecified atom stereocenters. The van der Waals surface area contributed by atoms with Gasteiger partial charge in [-0.3, -0.25) is 9.87 Å². The van der Waals surface area contributed by atoms with E-state index in [4.69, 9.17) is 17.1 Å². The molecule has 2 aromatic rings. The number of alkyl halides is 3. The van der Waals surface area contributed by atoms with Gasteiger partial charge in [0.05, 0.1) is 5.56 Å². The molecule has 0 aliphatic heterocycles. The van der Waals surface area contributed by atoms with Crippen LogP contribution in [0.15, 0.2) is 48.5 Å². The molecule has 2 radical (unpaired) electrons. The second-order valence-electron chi connectivity index (χ2n) is 6.17. The molecule has 2 aromatic carbocycles. The second-order valence-corrected chi connectivity index (χ2v) is 7.67. The fourth-order valence-corrected chi connectivity index (χ4v) is 2.90. The van der Waals surface area contributed by atoms with Crippen molar-refractivity contribution in [2.24, 2.45) is 0 Å². The molecule has 13 heteroatoms. The highest BCUT2D eigenvalue weighted by Gasteiger charge is 2.45. The summed E-state index contributed by atoms with van der Waals surface area (Å²) >= 11 is 0. The van der Waals surface area contributed by atoms with E-state index in [1.54, 1.807) is 30.3 Å². The molecule has 0 saturated carbocycles. The Balaban J connectivity index is 2.03. The summed E-state index contributed by atoms with van der Waals surface area (Å²) in [5.74, 6) is -3.39. The van der Waals surface area contributed by atoms with E-state index in [9.17, 15) is 31.2 Å². The molecule has 164 valence electrons. The summed E-state index contributed by atoms with van der Waals surface area (Å²) in [6.45, 7) is -0.0242. The van der Waals surface area contributed by atoms with Gasteiger partial charge in [-0.25, -0.2) is 9.59 Å². The quantitative estimate of drug-likeness (QED) is 0.372. The highest BCUT2D eigenvalue weighted by Crippen LogP contribution is 2.25. The van der Waals surface area contributed by atoms with Crippen LogP contribution in [0.4, 0.5) is 23.7 Å². The first kappa shape index (κ1) is 24.2. The van der Waals surface area contributed by atoms with Gasteiger partial charge in [0, 0.05) is 5.69 Å². The lowest BCUT2D eigenvalue weighted by atomic mass is 9.92. The lowest BCUT2D eigenvalue weighted by molar-refractivity contribution is -0.197. The van der Waals surface area contributed by atoms with Crippen molar-refractivity contribution in [3.05, 3.63) is 59.7 Å². The van der Waals surface area contributed by atoms with Crippen molar-refractivity contribution in [2.45, 2.75) is 18.9 Å². The number of anilines is 1. The zero-order chi connectivity index (χ0) is 23.2. The number of ether oxygens (including phenoxy) is 2. The minimum absolute atomic E-state index is 0.0138. The maximum absolute atomic E-state index is 12.9. The second kappa shape index (κ2) is 9.83. The Labute approximate surface area is 176 Å². The molecular weight excluding hydrogens is 442 g/mol. The molecule has 0 aliphatic carbocycles. The number of hydrogen-bond donors (Lipinski definition) is 2. The molecule has 2 N–H and O–H groups in total. The normalized spacial score (nSPS) is 12.6. The number of rotatable bonds is 7. The third-order valence-corrected chi connectivity index (χ3v) is 4.44. The molecule has 1 atom stereocenters. The highest BCUT2D eigenvalue weighted by atomic mass is 32.2. The van der Waals surface area contributed by atoms with E-state index in [-0.39, 0.29) is 17.8 Å². The molecule has 0 spiro atoms. The molecule has 0 aromatic heterocycles. The predicted octanol–water partition coefficient (Wildman–Crippen LogP) is 2.20. The molecule has 31 heavy (non-hydrogen) atoms. The largest absolute Gasteiger partial charge is 0.448 e. The minimum atomic E-state index is -5.24. The monoisotopic (exact) mass is 457 g/mol. The summed E-state index contributed by atoms with van der Waals surface area (Å²) in [6.07, 6.45) is -9.18. The van der Waals surface area contributed by atoms with Crippen molar-refractivity contribution < 1.29 is 45.2 Å². The van der Waals surface area contributed by atoms with Crippen LogP contribution in [0, 0.1) is 0 Å². The summed E-state index contributed by atoms with van der Waals surface area (Å²) in [6, 6.07) is 11.8. The third kappa shape index (κ3) is 7.94. The SMILES string of the molecule is [B]c1cc(C(=O)OC(CS(=O)(=O)O)C(F)(F)F)ccc1NC(=O)OCc1ccccc1. The van der Waals surface area contributed by atoms with Crippen LogP contribution in [0.25, 0.3) is 0 Å². The first-order valence-corrected chi connectivity index (χ1v) is 10.1. The minimum Gasteiger partial charge on any atom is -0.448 e. The summed E-state index contributed by atoms with van der Waals surface area (Å²) in [4.78, 5) is 23.8. The molecule has 8 nitrogen and oxygen atoms in total. The number of carbonyl (C=O) groups is 2. The van der Waals surface area contributed by atoms with Crippen LogP contribution < -0.4 is 10.8 Å². The van der Waals surface area contributed by atoms with E-state index in [0.29, 0.717) is 0 Å². The Morgan fingerprint density at radius 1 is 1.13 bits per heavy atom. The van der Waals surface area contributed by atoms with Gasteiger partial charge in [-0.2, -0.15) is 21.6 Å². The van der Waals surface area contributed by atoms with Gasteiger partial charge in [-0.1, -0.05) is 41.9 Å². The highest BCUT2D eigenvalue weighted by molar-refractivity contribution is 7.85. The number of benzene rings is 2. The van der Waals surface area contributed by atoms with E-state index < -0.39 is 45.8 Å². The maximum atomic E-state index is 12.9.